The van der Waals surface area contributed by atoms with Gasteiger partial charge in [0.1, 0.15) is 5.82 Å². The highest BCUT2D eigenvalue weighted by Crippen LogP contribution is 2.33. The Labute approximate surface area is 131 Å². The zero-order valence-corrected chi connectivity index (χ0v) is 13.2. The van der Waals surface area contributed by atoms with Crippen molar-refractivity contribution in [3.8, 4) is 0 Å². The smallest absolute Gasteiger partial charge is 0.129 e. The summed E-state index contributed by atoms with van der Waals surface area (Å²) in [5.74, 6) is -0.290. The number of hydrogen-bond acceptors (Lipinski definition) is 1. The van der Waals surface area contributed by atoms with E-state index in [0.29, 0.717) is 10.0 Å². The Bertz CT molecular complexity index is 793. The largest absolute Gasteiger partial charge is 0.320 e. The first-order chi connectivity index (χ1) is 10.1. The molecule has 0 radical (unpaired) electrons. The molecule has 0 aromatic heterocycles. The maximum absolute atomic E-state index is 14.2. The number of aryl methyl sites for hydroxylation is 1. The van der Waals surface area contributed by atoms with Crippen LogP contribution in [0.2, 0.25) is 0 Å². The van der Waals surface area contributed by atoms with E-state index >= 15 is 0 Å². The molecule has 3 aromatic rings. The van der Waals surface area contributed by atoms with E-state index in [2.05, 4.69) is 28.9 Å². The molecule has 0 bridgehead atoms. The first-order valence-electron chi connectivity index (χ1n) is 6.77. The van der Waals surface area contributed by atoms with E-state index in [1.165, 1.54) is 11.6 Å². The first kappa shape index (κ1) is 14.2. The van der Waals surface area contributed by atoms with Crippen LogP contribution in [-0.4, -0.2) is 0 Å². The number of nitrogens with two attached hydrogens (primary N) is 1. The van der Waals surface area contributed by atoms with Crippen LogP contribution in [0.3, 0.4) is 0 Å². The molecule has 21 heavy (non-hydrogen) atoms. The molecule has 3 aromatic carbocycles. The molecule has 3 heteroatoms. The van der Waals surface area contributed by atoms with Gasteiger partial charge in [-0.1, -0.05) is 58.4 Å². The van der Waals surface area contributed by atoms with Crippen LogP contribution in [0.15, 0.2) is 59.1 Å². The average molecular weight is 344 g/mol. The van der Waals surface area contributed by atoms with Gasteiger partial charge in [-0.3, -0.25) is 0 Å². The Balaban J connectivity index is 2.23. The zero-order valence-electron chi connectivity index (χ0n) is 11.6. The van der Waals surface area contributed by atoms with Crippen molar-refractivity contribution in [2.75, 3.05) is 0 Å². The number of benzene rings is 3. The third kappa shape index (κ3) is 2.47. The quantitative estimate of drug-likeness (QED) is 0.688. The molecule has 0 saturated carbocycles. The van der Waals surface area contributed by atoms with Crippen molar-refractivity contribution in [3.63, 3.8) is 0 Å². The molecule has 0 amide bonds. The van der Waals surface area contributed by atoms with Crippen LogP contribution in [-0.2, 0) is 0 Å². The van der Waals surface area contributed by atoms with E-state index in [9.17, 15) is 4.39 Å². The van der Waals surface area contributed by atoms with Gasteiger partial charge in [0, 0.05) is 10.0 Å². The second-order valence-corrected chi connectivity index (χ2v) is 5.98. The predicted octanol–water partition coefficient (Wildman–Crippen LogP) is 5.10. The summed E-state index contributed by atoms with van der Waals surface area (Å²) in [4.78, 5) is 0. The predicted molar refractivity (Wildman–Crippen MR) is 88.8 cm³/mol. The number of rotatable bonds is 2. The number of fused-ring (bicyclic) bond motifs is 1. The summed E-state index contributed by atoms with van der Waals surface area (Å²) in [5.41, 5.74) is 8.98. The van der Waals surface area contributed by atoms with E-state index in [0.717, 1.165) is 16.3 Å². The summed E-state index contributed by atoms with van der Waals surface area (Å²) >= 11 is 3.40. The van der Waals surface area contributed by atoms with E-state index < -0.39 is 6.04 Å². The van der Waals surface area contributed by atoms with Gasteiger partial charge in [-0.25, -0.2) is 4.39 Å². The Morgan fingerprint density at radius 3 is 2.38 bits per heavy atom. The minimum atomic E-state index is -0.508. The van der Waals surface area contributed by atoms with Crippen molar-refractivity contribution >= 4 is 26.7 Å². The maximum atomic E-state index is 14.2. The fraction of sp³-hybridized carbons (Fsp3) is 0.111. The summed E-state index contributed by atoms with van der Waals surface area (Å²) in [5, 5.41) is 2.22. The Morgan fingerprint density at radius 2 is 1.67 bits per heavy atom. The highest BCUT2D eigenvalue weighted by Gasteiger charge is 2.19. The molecule has 3 rings (SSSR count). The summed E-state index contributed by atoms with van der Waals surface area (Å²) in [6, 6.07) is 16.5. The summed E-state index contributed by atoms with van der Waals surface area (Å²) in [6.07, 6.45) is 0. The highest BCUT2D eigenvalue weighted by atomic mass is 79.9. The fourth-order valence-electron chi connectivity index (χ4n) is 2.71. The molecule has 1 unspecified atom stereocenters. The zero-order chi connectivity index (χ0) is 15.0. The van der Waals surface area contributed by atoms with Crippen molar-refractivity contribution in [2.24, 2.45) is 5.73 Å². The molecule has 0 aliphatic rings. The Hall–Kier alpha value is -1.71. The van der Waals surface area contributed by atoms with Crippen molar-refractivity contribution < 1.29 is 4.39 Å². The average Bonchev–Trinajstić information content (AvgIpc) is 2.47. The van der Waals surface area contributed by atoms with Gasteiger partial charge >= 0.3 is 0 Å². The molecule has 0 saturated heterocycles. The third-order valence-corrected chi connectivity index (χ3v) is 4.51. The lowest BCUT2D eigenvalue weighted by Crippen LogP contribution is -2.15. The van der Waals surface area contributed by atoms with Crippen LogP contribution in [0.25, 0.3) is 10.8 Å². The van der Waals surface area contributed by atoms with Gasteiger partial charge in [0.25, 0.3) is 0 Å². The molecular weight excluding hydrogens is 329 g/mol. The molecule has 0 heterocycles. The van der Waals surface area contributed by atoms with Crippen LogP contribution < -0.4 is 5.73 Å². The maximum Gasteiger partial charge on any atom is 0.129 e. The van der Waals surface area contributed by atoms with Crippen molar-refractivity contribution in [1.29, 1.82) is 0 Å². The molecule has 0 spiro atoms. The summed E-state index contributed by atoms with van der Waals surface area (Å²) in [6.45, 7) is 2.07. The fourth-order valence-corrected chi connectivity index (χ4v) is 3.30. The lowest BCUT2D eigenvalue weighted by atomic mass is 9.92. The van der Waals surface area contributed by atoms with Crippen molar-refractivity contribution in [1.82, 2.24) is 0 Å². The van der Waals surface area contributed by atoms with Crippen LogP contribution in [0, 0.1) is 12.7 Å². The van der Waals surface area contributed by atoms with Crippen LogP contribution in [0.4, 0.5) is 4.39 Å². The van der Waals surface area contributed by atoms with Gasteiger partial charge in [0.15, 0.2) is 0 Å². The molecule has 0 aliphatic heterocycles. The van der Waals surface area contributed by atoms with Gasteiger partial charge in [-0.15, -0.1) is 0 Å². The van der Waals surface area contributed by atoms with Gasteiger partial charge < -0.3 is 5.73 Å². The lowest BCUT2D eigenvalue weighted by Gasteiger charge is -2.18. The molecule has 1 atom stereocenters. The molecular formula is C18H15BrFN. The number of halogens is 2. The minimum Gasteiger partial charge on any atom is -0.320 e. The van der Waals surface area contributed by atoms with Gasteiger partial charge in [-0.2, -0.15) is 0 Å². The normalized spacial score (nSPS) is 12.6. The van der Waals surface area contributed by atoms with Gasteiger partial charge in [0.2, 0.25) is 0 Å². The Morgan fingerprint density at radius 1 is 0.952 bits per heavy atom. The van der Waals surface area contributed by atoms with Gasteiger partial charge in [-0.05, 0) is 41.0 Å². The van der Waals surface area contributed by atoms with Gasteiger partial charge in [0.05, 0.1) is 6.04 Å². The van der Waals surface area contributed by atoms with E-state index in [1.807, 2.05) is 36.4 Å². The van der Waals surface area contributed by atoms with Crippen LogP contribution in [0.1, 0.15) is 22.7 Å². The van der Waals surface area contributed by atoms with E-state index in [4.69, 9.17) is 5.73 Å². The molecule has 106 valence electrons. The Kier molecular flexibility index (Phi) is 3.79. The minimum absolute atomic E-state index is 0.290. The van der Waals surface area contributed by atoms with Crippen molar-refractivity contribution in [2.45, 2.75) is 13.0 Å². The topological polar surface area (TPSA) is 26.0 Å². The molecule has 2 N–H and O–H groups in total. The third-order valence-electron chi connectivity index (χ3n) is 3.82. The monoisotopic (exact) mass is 343 g/mol. The lowest BCUT2D eigenvalue weighted by molar-refractivity contribution is 0.598. The first-order valence-corrected chi connectivity index (χ1v) is 7.56. The second kappa shape index (κ2) is 5.58. The second-order valence-electron chi connectivity index (χ2n) is 5.13. The van der Waals surface area contributed by atoms with Crippen LogP contribution in [0.5, 0.6) is 0 Å². The molecule has 1 nitrogen and oxygen atoms in total. The standard InChI is InChI=1S/C18H15BrFN/c1-11-9-10-14(13-6-3-2-5-12(11)13)18(21)17-15(19)7-4-8-16(17)20/h2-10,18H,21H2,1H3. The van der Waals surface area contributed by atoms with E-state index in [-0.39, 0.29) is 5.82 Å². The van der Waals surface area contributed by atoms with Crippen molar-refractivity contribution in [3.05, 3.63) is 81.6 Å². The molecule has 0 fully saturated rings. The summed E-state index contributed by atoms with van der Waals surface area (Å²) < 4.78 is 14.9. The van der Waals surface area contributed by atoms with E-state index in [1.54, 1.807) is 6.07 Å². The highest BCUT2D eigenvalue weighted by molar-refractivity contribution is 9.10. The molecule has 0 aliphatic carbocycles. The number of hydrogen-bond donors (Lipinski definition) is 1. The SMILES string of the molecule is Cc1ccc(C(N)c2c(F)cccc2Br)c2ccccc12. The summed E-state index contributed by atoms with van der Waals surface area (Å²) in [7, 11) is 0. The van der Waals surface area contributed by atoms with Crippen LogP contribution >= 0.6 is 15.9 Å².